The molecule has 9 heteroatoms. The Morgan fingerprint density at radius 3 is 2.51 bits per heavy atom. The first kappa shape index (κ1) is 23.0. The van der Waals surface area contributed by atoms with Crippen molar-refractivity contribution in [1.29, 1.82) is 0 Å². The molecule has 1 fully saturated rings. The van der Waals surface area contributed by atoms with Gasteiger partial charge in [0, 0.05) is 42.0 Å². The number of aromatic nitrogens is 4. The van der Waals surface area contributed by atoms with E-state index in [1.54, 1.807) is 0 Å². The van der Waals surface area contributed by atoms with Crippen LogP contribution in [0.1, 0.15) is 49.0 Å². The third kappa shape index (κ3) is 4.76. The summed E-state index contributed by atoms with van der Waals surface area (Å²) in [5.74, 6) is -3.64. The minimum Gasteiger partial charge on any atom is -0.503 e. The zero-order valence-electron chi connectivity index (χ0n) is 19.4. The predicted octanol–water partition coefficient (Wildman–Crippen LogP) is 5.06. The third-order valence-corrected chi connectivity index (χ3v) is 6.84. The van der Waals surface area contributed by atoms with Crippen LogP contribution in [0.15, 0.2) is 48.9 Å². The predicted molar refractivity (Wildman–Crippen MR) is 128 cm³/mol. The molecule has 1 amide bonds. The summed E-state index contributed by atoms with van der Waals surface area (Å²) in [5.41, 5.74) is 2.98. The Hall–Kier alpha value is -3.75. The number of benzene rings is 2. The summed E-state index contributed by atoms with van der Waals surface area (Å²) in [7, 11) is 0. The Kier molecular flexibility index (Phi) is 6.23. The van der Waals surface area contributed by atoms with Crippen LogP contribution in [-0.2, 0) is 6.54 Å². The lowest BCUT2D eigenvalue weighted by atomic mass is 9.86. The van der Waals surface area contributed by atoms with Crippen LogP contribution in [0, 0.1) is 17.6 Å². The fourth-order valence-corrected chi connectivity index (χ4v) is 4.74. The number of nitrogens with zero attached hydrogens (tertiary/aromatic N) is 4. The molecular weight excluding hydrogens is 452 g/mol. The van der Waals surface area contributed by atoms with Gasteiger partial charge in [0.15, 0.2) is 17.4 Å². The van der Waals surface area contributed by atoms with Gasteiger partial charge in [0.2, 0.25) is 0 Å². The maximum Gasteiger partial charge on any atom is 0.251 e. The van der Waals surface area contributed by atoms with Crippen molar-refractivity contribution in [1.82, 2.24) is 24.9 Å². The minimum atomic E-state index is -1.15. The number of hydrogen-bond acceptors (Lipinski definition) is 4. The number of carbonyl (C=O) groups excluding carboxylic acids is 1. The summed E-state index contributed by atoms with van der Waals surface area (Å²) in [6.45, 7) is 3.32. The highest BCUT2D eigenvalue weighted by atomic mass is 19.1. The van der Waals surface area contributed by atoms with E-state index in [-0.39, 0.29) is 11.5 Å². The quantitative estimate of drug-likeness (QED) is 0.405. The van der Waals surface area contributed by atoms with Gasteiger partial charge in [-0.15, -0.1) is 0 Å². The number of carbonyl (C=O) groups is 1. The van der Waals surface area contributed by atoms with Crippen molar-refractivity contribution >= 4 is 16.8 Å². The second-order valence-corrected chi connectivity index (χ2v) is 9.14. The first-order valence-corrected chi connectivity index (χ1v) is 11.9. The zero-order chi connectivity index (χ0) is 24.5. The molecule has 1 saturated carbocycles. The van der Waals surface area contributed by atoms with Crippen LogP contribution in [0.3, 0.4) is 0 Å². The molecule has 1 aliphatic rings. The second kappa shape index (κ2) is 9.48. The normalized spacial score (nSPS) is 18.1. The Labute approximate surface area is 201 Å². The average Bonchev–Trinajstić information content (AvgIpc) is 3.52. The summed E-state index contributed by atoms with van der Waals surface area (Å²) in [6, 6.07) is 8.26. The summed E-state index contributed by atoms with van der Waals surface area (Å²) >= 11 is 0. The van der Waals surface area contributed by atoms with Gasteiger partial charge in [-0.25, -0.2) is 8.78 Å². The van der Waals surface area contributed by atoms with E-state index < -0.39 is 23.3 Å². The Balaban J connectivity index is 1.18. The Morgan fingerprint density at radius 2 is 1.83 bits per heavy atom. The molecule has 0 spiro atoms. The molecule has 35 heavy (non-hydrogen) atoms. The molecule has 5 rings (SSSR count). The van der Waals surface area contributed by atoms with Crippen LogP contribution >= 0.6 is 0 Å². The van der Waals surface area contributed by atoms with Crippen molar-refractivity contribution < 1.29 is 18.7 Å². The minimum absolute atomic E-state index is 0.142. The molecule has 0 unspecified atom stereocenters. The van der Waals surface area contributed by atoms with Gasteiger partial charge in [-0.1, -0.05) is 12.1 Å². The van der Waals surface area contributed by atoms with E-state index in [2.05, 4.69) is 46.4 Å². The van der Waals surface area contributed by atoms with Gasteiger partial charge in [0.05, 0.1) is 17.8 Å². The molecule has 2 aromatic carbocycles. The number of fused-ring (bicyclic) bond motifs is 1. The number of amides is 1. The van der Waals surface area contributed by atoms with Crippen molar-refractivity contribution in [3.8, 4) is 16.9 Å². The molecule has 0 bridgehead atoms. The third-order valence-electron chi connectivity index (χ3n) is 6.84. The van der Waals surface area contributed by atoms with Crippen LogP contribution in [0.25, 0.3) is 22.0 Å². The smallest absolute Gasteiger partial charge is 0.251 e. The van der Waals surface area contributed by atoms with Gasteiger partial charge in [-0.05, 0) is 62.3 Å². The molecule has 0 radical (unpaired) electrons. The van der Waals surface area contributed by atoms with Gasteiger partial charge in [-0.2, -0.15) is 10.2 Å². The fourth-order valence-electron chi connectivity index (χ4n) is 4.74. The van der Waals surface area contributed by atoms with Gasteiger partial charge in [0.1, 0.15) is 0 Å². The molecule has 7 nitrogen and oxygen atoms in total. The monoisotopic (exact) mass is 479 g/mol. The van der Waals surface area contributed by atoms with Gasteiger partial charge in [-0.3, -0.25) is 14.2 Å². The SMILES string of the molecule is CCn1cc(-c2ccc3cn([C@H]4CC[C@H](CNC(=O)c5cc(F)c(O)c(F)c5)CC4)nc3c2)cn1. The van der Waals surface area contributed by atoms with E-state index in [0.717, 1.165) is 66.4 Å². The second-order valence-electron chi connectivity index (χ2n) is 9.14. The van der Waals surface area contributed by atoms with Crippen molar-refractivity contribution in [3.05, 3.63) is 66.1 Å². The number of rotatable bonds is 6. The number of aromatic hydroxyl groups is 1. The zero-order valence-corrected chi connectivity index (χ0v) is 19.4. The number of hydrogen-bond donors (Lipinski definition) is 2. The molecule has 2 heterocycles. The highest BCUT2D eigenvalue weighted by Gasteiger charge is 2.24. The van der Waals surface area contributed by atoms with E-state index in [1.165, 1.54) is 0 Å². The lowest BCUT2D eigenvalue weighted by molar-refractivity contribution is 0.0940. The molecule has 2 aromatic heterocycles. The Morgan fingerprint density at radius 1 is 1.09 bits per heavy atom. The fraction of sp³-hybridized carbons (Fsp3) is 0.346. The molecule has 4 aromatic rings. The van der Waals surface area contributed by atoms with Crippen LogP contribution in [0.2, 0.25) is 0 Å². The summed E-state index contributed by atoms with van der Waals surface area (Å²) < 4.78 is 31.0. The van der Waals surface area contributed by atoms with Crippen LogP contribution in [0.4, 0.5) is 8.78 Å². The van der Waals surface area contributed by atoms with Gasteiger partial charge in [0.25, 0.3) is 5.91 Å². The van der Waals surface area contributed by atoms with Gasteiger partial charge >= 0.3 is 0 Å². The van der Waals surface area contributed by atoms with Crippen molar-refractivity contribution in [2.24, 2.45) is 5.92 Å². The van der Waals surface area contributed by atoms with Crippen molar-refractivity contribution in [2.75, 3.05) is 6.54 Å². The highest BCUT2D eigenvalue weighted by molar-refractivity contribution is 5.94. The molecule has 2 N–H and O–H groups in total. The first-order valence-electron chi connectivity index (χ1n) is 11.9. The van der Waals surface area contributed by atoms with Gasteiger partial charge < -0.3 is 10.4 Å². The summed E-state index contributed by atoms with van der Waals surface area (Å²) in [5, 5.41) is 22.2. The summed E-state index contributed by atoms with van der Waals surface area (Å²) in [6.07, 6.45) is 9.71. The lowest BCUT2D eigenvalue weighted by Crippen LogP contribution is -2.31. The largest absolute Gasteiger partial charge is 0.503 e. The number of nitrogens with one attached hydrogen (secondary N) is 1. The number of aryl methyl sites for hydroxylation is 1. The molecule has 0 aliphatic heterocycles. The number of halogens is 2. The maximum absolute atomic E-state index is 13.5. The molecule has 182 valence electrons. The molecular formula is C26H27F2N5O2. The lowest BCUT2D eigenvalue weighted by Gasteiger charge is -2.28. The van der Waals surface area contributed by atoms with E-state index in [1.807, 2.05) is 17.1 Å². The number of phenolic OH excluding ortho intramolecular Hbond substituents is 1. The van der Waals surface area contributed by atoms with E-state index >= 15 is 0 Å². The van der Waals surface area contributed by atoms with Crippen molar-refractivity contribution in [2.45, 2.75) is 45.2 Å². The maximum atomic E-state index is 13.5. The van der Waals surface area contributed by atoms with Crippen LogP contribution in [-0.4, -0.2) is 37.1 Å². The molecule has 1 aliphatic carbocycles. The van der Waals surface area contributed by atoms with Crippen LogP contribution in [0.5, 0.6) is 5.75 Å². The molecule has 0 saturated heterocycles. The Bertz CT molecular complexity index is 1350. The highest BCUT2D eigenvalue weighted by Crippen LogP contribution is 2.33. The molecule has 0 atom stereocenters. The summed E-state index contributed by atoms with van der Waals surface area (Å²) in [4.78, 5) is 12.3. The van der Waals surface area contributed by atoms with Crippen LogP contribution < -0.4 is 5.32 Å². The topological polar surface area (TPSA) is 85.0 Å². The van der Waals surface area contributed by atoms with E-state index in [4.69, 9.17) is 5.10 Å². The van der Waals surface area contributed by atoms with E-state index in [0.29, 0.717) is 12.6 Å². The first-order chi connectivity index (χ1) is 16.9. The number of phenols is 1. The van der Waals surface area contributed by atoms with E-state index in [9.17, 15) is 18.7 Å². The average molecular weight is 480 g/mol. The van der Waals surface area contributed by atoms with Crippen molar-refractivity contribution in [3.63, 3.8) is 0 Å². The standard InChI is InChI=1S/C26H27F2N5O2/c1-2-32-14-20(13-30-32)17-5-6-18-15-33(31-24(18)11-17)21-7-3-16(4-8-21)12-29-26(35)19-9-22(27)25(34)23(28)10-19/h5-6,9-11,13-16,21,34H,2-4,7-8,12H2,1H3,(H,29,35)/t16-,21-.